The number of oxime groups is 1. The maximum absolute atomic E-state index is 12.0. The van der Waals surface area contributed by atoms with Gasteiger partial charge < -0.3 is 14.8 Å². The molecular formula is C12H22N2O3. The van der Waals surface area contributed by atoms with Gasteiger partial charge in [-0.3, -0.25) is 0 Å². The summed E-state index contributed by atoms with van der Waals surface area (Å²) in [5.74, 6) is 0.525. The number of rotatable bonds is 1. The van der Waals surface area contributed by atoms with E-state index in [0.29, 0.717) is 12.5 Å². The molecule has 0 bridgehead atoms. The van der Waals surface area contributed by atoms with Gasteiger partial charge in [-0.1, -0.05) is 12.1 Å². The molecule has 0 aromatic carbocycles. The van der Waals surface area contributed by atoms with E-state index < -0.39 is 5.60 Å². The Hall–Kier alpha value is -1.26. The van der Waals surface area contributed by atoms with Crippen LogP contribution in [0.3, 0.4) is 0 Å². The predicted octanol–water partition coefficient (Wildman–Crippen LogP) is 2.48. The summed E-state index contributed by atoms with van der Waals surface area (Å²) in [5, 5.41) is 11.7. The topological polar surface area (TPSA) is 62.1 Å². The molecule has 0 spiro atoms. The molecular weight excluding hydrogens is 220 g/mol. The van der Waals surface area contributed by atoms with Crippen molar-refractivity contribution < 1.29 is 14.7 Å². The number of likely N-dealkylation sites (tertiary alicyclic amines) is 1. The van der Waals surface area contributed by atoms with Gasteiger partial charge in [-0.25, -0.2) is 4.79 Å². The zero-order valence-corrected chi connectivity index (χ0v) is 11.0. The van der Waals surface area contributed by atoms with E-state index in [9.17, 15) is 4.79 Å². The highest BCUT2D eigenvalue weighted by Gasteiger charge is 2.32. The zero-order chi connectivity index (χ0) is 13.1. The van der Waals surface area contributed by atoms with E-state index in [4.69, 9.17) is 9.94 Å². The van der Waals surface area contributed by atoms with Crippen molar-refractivity contribution in [2.75, 3.05) is 6.54 Å². The van der Waals surface area contributed by atoms with Gasteiger partial charge in [-0.2, -0.15) is 0 Å². The molecule has 1 aliphatic heterocycles. The summed E-state index contributed by atoms with van der Waals surface area (Å²) in [6, 6.07) is -0.168. The third kappa shape index (κ3) is 4.24. The smallest absolute Gasteiger partial charge is 0.410 e. The van der Waals surface area contributed by atoms with Gasteiger partial charge in [-0.05, 0) is 39.5 Å². The normalized spacial score (nSPS) is 26.2. The van der Waals surface area contributed by atoms with E-state index in [1.165, 1.54) is 6.21 Å². The third-order valence-corrected chi connectivity index (χ3v) is 2.77. The van der Waals surface area contributed by atoms with Crippen LogP contribution in [0.15, 0.2) is 5.16 Å². The summed E-state index contributed by atoms with van der Waals surface area (Å²) in [4.78, 5) is 13.6. The zero-order valence-electron chi connectivity index (χ0n) is 11.0. The quantitative estimate of drug-likeness (QED) is 0.436. The lowest BCUT2D eigenvalue weighted by Gasteiger charge is -2.37. The first-order chi connectivity index (χ1) is 7.83. The Morgan fingerprint density at radius 3 is 2.71 bits per heavy atom. The van der Waals surface area contributed by atoms with Crippen LogP contribution in [-0.2, 0) is 4.74 Å². The third-order valence-electron chi connectivity index (χ3n) is 2.77. The van der Waals surface area contributed by atoms with E-state index in [-0.39, 0.29) is 12.1 Å². The fourth-order valence-electron chi connectivity index (χ4n) is 1.95. The molecule has 1 fully saturated rings. The number of ether oxygens (including phenoxy) is 1. The van der Waals surface area contributed by atoms with Crippen LogP contribution < -0.4 is 0 Å². The van der Waals surface area contributed by atoms with Crippen molar-refractivity contribution >= 4 is 12.3 Å². The first-order valence-corrected chi connectivity index (χ1v) is 6.00. The summed E-state index contributed by atoms with van der Waals surface area (Å²) >= 11 is 0. The van der Waals surface area contributed by atoms with Gasteiger partial charge in [0, 0.05) is 6.54 Å². The minimum atomic E-state index is -0.499. The second-order valence-electron chi connectivity index (χ2n) is 5.64. The summed E-state index contributed by atoms with van der Waals surface area (Å²) in [5.41, 5.74) is -0.499. The van der Waals surface area contributed by atoms with Crippen molar-refractivity contribution in [3.8, 4) is 0 Å². The van der Waals surface area contributed by atoms with E-state index in [0.717, 1.165) is 12.8 Å². The lowest BCUT2D eigenvalue weighted by molar-refractivity contribution is 0.0137. The van der Waals surface area contributed by atoms with Crippen LogP contribution in [-0.4, -0.2) is 40.6 Å². The number of carbonyl (C=O) groups is 1. The fraction of sp³-hybridized carbons (Fsp3) is 0.833. The van der Waals surface area contributed by atoms with Crippen molar-refractivity contribution in [3.63, 3.8) is 0 Å². The molecule has 1 heterocycles. The van der Waals surface area contributed by atoms with E-state index >= 15 is 0 Å². The molecule has 1 amide bonds. The first-order valence-electron chi connectivity index (χ1n) is 6.00. The van der Waals surface area contributed by atoms with Crippen molar-refractivity contribution in [3.05, 3.63) is 0 Å². The Morgan fingerprint density at radius 1 is 1.53 bits per heavy atom. The van der Waals surface area contributed by atoms with Gasteiger partial charge in [0.25, 0.3) is 0 Å². The molecule has 5 heteroatoms. The number of hydrogen-bond acceptors (Lipinski definition) is 4. The van der Waals surface area contributed by atoms with Gasteiger partial charge in [0.05, 0.1) is 12.3 Å². The van der Waals surface area contributed by atoms with Crippen LogP contribution in [0.2, 0.25) is 0 Å². The van der Waals surface area contributed by atoms with Crippen LogP contribution in [0, 0.1) is 5.92 Å². The summed E-state index contributed by atoms with van der Waals surface area (Å²) in [7, 11) is 0. The minimum absolute atomic E-state index is 0.168. The highest BCUT2D eigenvalue weighted by atomic mass is 16.6. The highest BCUT2D eigenvalue weighted by molar-refractivity contribution is 5.75. The molecule has 1 saturated heterocycles. The molecule has 2 unspecified atom stereocenters. The summed E-state index contributed by atoms with van der Waals surface area (Å²) in [6.07, 6.45) is 2.83. The summed E-state index contributed by atoms with van der Waals surface area (Å²) in [6.45, 7) is 8.29. The Kier molecular flexibility index (Phi) is 4.37. The van der Waals surface area contributed by atoms with E-state index in [1.54, 1.807) is 4.90 Å². The molecule has 1 rings (SSSR count). The number of hydrogen-bond donors (Lipinski definition) is 1. The highest BCUT2D eigenvalue weighted by Crippen LogP contribution is 2.23. The first kappa shape index (κ1) is 13.8. The molecule has 17 heavy (non-hydrogen) atoms. The molecule has 98 valence electrons. The molecule has 5 nitrogen and oxygen atoms in total. The maximum atomic E-state index is 12.0. The Morgan fingerprint density at radius 2 is 2.18 bits per heavy atom. The second-order valence-corrected chi connectivity index (χ2v) is 5.64. The van der Waals surface area contributed by atoms with Crippen LogP contribution in [0.1, 0.15) is 40.5 Å². The van der Waals surface area contributed by atoms with Crippen molar-refractivity contribution in [2.24, 2.45) is 11.1 Å². The van der Waals surface area contributed by atoms with Crippen LogP contribution >= 0.6 is 0 Å². The van der Waals surface area contributed by atoms with Gasteiger partial charge in [0.2, 0.25) is 0 Å². The van der Waals surface area contributed by atoms with E-state index in [2.05, 4.69) is 12.1 Å². The minimum Gasteiger partial charge on any atom is -0.444 e. The monoisotopic (exact) mass is 242 g/mol. The lowest BCUT2D eigenvalue weighted by atomic mass is 9.93. The van der Waals surface area contributed by atoms with Gasteiger partial charge in [-0.15, -0.1) is 0 Å². The molecule has 2 atom stereocenters. The molecule has 0 aliphatic carbocycles. The van der Waals surface area contributed by atoms with Crippen molar-refractivity contribution in [2.45, 2.75) is 52.2 Å². The molecule has 1 N–H and O–H groups in total. The standard InChI is InChI=1S/C12H22N2O3/c1-9-5-6-14(10(7-9)8-13-16)11(15)17-12(2,3)4/h8-10,16H,5-7H2,1-4H3. The number of nitrogens with zero attached hydrogens (tertiary/aromatic N) is 2. The van der Waals surface area contributed by atoms with Crippen molar-refractivity contribution in [1.82, 2.24) is 4.90 Å². The van der Waals surface area contributed by atoms with Crippen LogP contribution in [0.25, 0.3) is 0 Å². The average Bonchev–Trinajstić information content (AvgIpc) is 2.15. The molecule has 1 aliphatic rings. The molecule has 0 aromatic heterocycles. The predicted molar refractivity (Wildman–Crippen MR) is 65.4 cm³/mol. The van der Waals surface area contributed by atoms with E-state index in [1.807, 2.05) is 20.8 Å². The maximum Gasteiger partial charge on any atom is 0.410 e. The number of amides is 1. The fourth-order valence-corrected chi connectivity index (χ4v) is 1.95. The van der Waals surface area contributed by atoms with Gasteiger partial charge in [0.1, 0.15) is 5.60 Å². The van der Waals surface area contributed by atoms with Crippen LogP contribution in [0.5, 0.6) is 0 Å². The lowest BCUT2D eigenvalue weighted by Crippen LogP contribution is -2.48. The molecule has 0 radical (unpaired) electrons. The molecule has 0 saturated carbocycles. The van der Waals surface area contributed by atoms with Crippen LogP contribution in [0.4, 0.5) is 4.79 Å². The number of carbonyl (C=O) groups excluding carboxylic acids is 1. The second kappa shape index (κ2) is 5.38. The Labute approximate surface area is 102 Å². The Bertz CT molecular complexity index is 297. The summed E-state index contributed by atoms with van der Waals surface area (Å²) < 4.78 is 5.33. The largest absolute Gasteiger partial charge is 0.444 e. The molecule has 0 aromatic rings. The average molecular weight is 242 g/mol. The van der Waals surface area contributed by atoms with Crippen molar-refractivity contribution in [1.29, 1.82) is 0 Å². The SMILES string of the molecule is CC1CCN(C(=O)OC(C)(C)C)C(C=NO)C1. The Balaban J connectivity index is 2.69. The number of piperidine rings is 1. The van der Waals surface area contributed by atoms with Gasteiger partial charge >= 0.3 is 6.09 Å². The van der Waals surface area contributed by atoms with Gasteiger partial charge in [0.15, 0.2) is 0 Å².